The first kappa shape index (κ1) is 14.2. The molecule has 0 N–H and O–H groups in total. The molecule has 94 valence electrons. The van der Waals surface area contributed by atoms with Crippen molar-refractivity contribution in [2.24, 2.45) is 5.92 Å². The maximum absolute atomic E-state index is 11.6. The quantitative estimate of drug-likeness (QED) is 0.764. The number of hydrogen-bond acceptors (Lipinski definition) is 2. The fourth-order valence-electron chi connectivity index (χ4n) is 1.48. The number of ether oxygens (including phenoxy) is 1. The molecule has 17 heavy (non-hydrogen) atoms. The molecule has 0 aliphatic heterocycles. The van der Waals surface area contributed by atoms with Crippen LogP contribution in [0.25, 0.3) is 0 Å². The zero-order valence-corrected chi connectivity index (χ0v) is 12.2. The molecule has 0 bridgehead atoms. The molecule has 0 aliphatic rings. The van der Waals surface area contributed by atoms with Gasteiger partial charge in [0.2, 0.25) is 0 Å². The maximum Gasteiger partial charge on any atom is 0.306 e. The summed E-state index contributed by atoms with van der Waals surface area (Å²) in [6, 6.07) is 8.05. The molecule has 1 atom stereocenters. The van der Waals surface area contributed by atoms with Gasteiger partial charge in [0.05, 0.1) is 13.0 Å². The van der Waals surface area contributed by atoms with E-state index < -0.39 is 0 Å². The topological polar surface area (TPSA) is 26.3 Å². The van der Waals surface area contributed by atoms with Gasteiger partial charge in [-0.1, -0.05) is 48.8 Å². The molecule has 0 saturated carbocycles. The van der Waals surface area contributed by atoms with Crippen LogP contribution < -0.4 is 0 Å². The van der Waals surface area contributed by atoms with Crippen molar-refractivity contribution in [3.8, 4) is 0 Å². The normalized spacial score (nSPS) is 12.5. The smallest absolute Gasteiger partial charge is 0.306 e. The van der Waals surface area contributed by atoms with Gasteiger partial charge in [0.25, 0.3) is 0 Å². The van der Waals surface area contributed by atoms with Crippen LogP contribution in [0.3, 0.4) is 0 Å². The van der Waals surface area contributed by atoms with Crippen molar-refractivity contribution in [1.82, 2.24) is 0 Å². The van der Waals surface area contributed by atoms with Crippen LogP contribution in [0.2, 0.25) is 0 Å². The number of carbonyl (C=O) groups excluding carboxylic acids is 1. The second-order valence-corrected chi connectivity index (χ2v) is 5.65. The Balaban J connectivity index is 2.46. The third kappa shape index (κ3) is 5.35. The van der Waals surface area contributed by atoms with E-state index in [1.54, 1.807) is 0 Å². The van der Waals surface area contributed by atoms with Gasteiger partial charge in [-0.2, -0.15) is 0 Å². The number of hydrogen-bond donors (Lipinski definition) is 0. The minimum Gasteiger partial charge on any atom is -0.465 e. The van der Waals surface area contributed by atoms with E-state index in [1.165, 1.54) is 0 Å². The predicted octanol–water partition coefficient (Wildman–Crippen LogP) is 4.14. The van der Waals surface area contributed by atoms with Crippen LogP contribution in [-0.2, 0) is 9.53 Å². The highest BCUT2D eigenvalue weighted by atomic mass is 79.9. The molecule has 1 aromatic rings. The Morgan fingerprint density at radius 3 is 2.35 bits per heavy atom. The van der Waals surface area contributed by atoms with E-state index in [4.69, 9.17) is 4.74 Å². The molecular formula is C14H19BrO2. The highest BCUT2D eigenvalue weighted by molar-refractivity contribution is 9.10. The first-order valence-electron chi connectivity index (χ1n) is 5.90. The number of carbonyl (C=O) groups is 1. The van der Waals surface area contributed by atoms with Crippen molar-refractivity contribution >= 4 is 21.9 Å². The first-order valence-corrected chi connectivity index (χ1v) is 6.69. The lowest BCUT2D eigenvalue weighted by Crippen LogP contribution is -2.12. The van der Waals surface area contributed by atoms with E-state index in [0.717, 1.165) is 10.0 Å². The summed E-state index contributed by atoms with van der Waals surface area (Å²) in [5.41, 5.74) is 1.16. The molecule has 2 nitrogen and oxygen atoms in total. The van der Waals surface area contributed by atoms with Gasteiger partial charge in [0, 0.05) is 4.47 Å². The fourth-order valence-corrected chi connectivity index (χ4v) is 1.74. The monoisotopic (exact) mass is 298 g/mol. The minimum absolute atomic E-state index is 0.117. The molecule has 0 fully saturated rings. The molecule has 0 spiro atoms. The average molecular weight is 299 g/mol. The van der Waals surface area contributed by atoms with Crippen molar-refractivity contribution in [1.29, 1.82) is 0 Å². The second-order valence-electron chi connectivity index (χ2n) is 4.73. The summed E-state index contributed by atoms with van der Waals surface area (Å²) in [4.78, 5) is 11.6. The van der Waals surface area contributed by atoms with Crippen molar-refractivity contribution in [3.05, 3.63) is 34.3 Å². The van der Waals surface area contributed by atoms with Crippen LogP contribution in [0.1, 0.15) is 38.7 Å². The summed E-state index contributed by atoms with van der Waals surface area (Å²) in [5.74, 6) is 0.471. The molecule has 1 rings (SSSR count). The Labute approximate surface area is 111 Å². The molecule has 0 aromatic heterocycles. The van der Waals surface area contributed by atoms with Gasteiger partial charge < -0.3 is 4.74 Å². The zero-order chi connectivity index (χ0) is 12.8. The molecule has 3 heteroatoms. The molecule has 0 saturated heterocycles. The second kappa shape index (κ2) is 6.80. The fraction of sp³-hybridized carbons (Fsp3) is 0.500. The van der Waals surface area contributed by atoms with Crippen LogP contribution in [0, 0.1) is 5.92 Å². The van der Waals surface area contributed by atoms with E-state index in [0.29, 0.717) is 18.9 Å². The van der Waals surface area contributed by atoms with Crippen LogP contribution in [0.4, 0.5) is 0 Å². The minimum atomic E-state index is -0.117. The van der Waals surface area contributed by atoms with Crippen molar-refractivity contribution < 1.29 is 9.53 Å². The lowest BCUT2D eigenvalue weighted by atomic mass is 9.98. The Hall–Kier alpha value is -0.830. The van der Waals surface area contributed by atoms with Gasteiger partial charge >= 0.3 is 5.97 Å². The lowest BCUT2D eigenvalue weighted by molar-refractivity contribution is -0.145. The Morgan fingerprint density at radius 1 is 1.24 bits per heavy atom. The van der Waals surface area contributed by atoms with Crippen LogP contribution in [0.15, 0.2) is 28.7 Å². The lowest BCUT2D eigenvalue weighted by Gasteiger charge is -2.12. The number of esters is 1. The summed E-state index contributed by atoms with van der Waals surface area (Å²) in [7, 11) is 0. The zero-order valence-electron chi connectivity index (χ0n) is 10.6. The summed E-state index contributed by atoms with van der Waals surface area (Å²) >= 11 is 3.39. The van der Waals surface area contributed by atoms with Gasteiger partial charge in [-0.05, 0) is 29.5 Å². The van der Waals surface area contributed by atoms with E-state index in [2.05, 4.69) is 15.9 Å². The van der Waals surface area contributed by atoms with E-state index >= 15 is 0 Å². The van der Waals surface area contributed by atoms with Crippen molar-refractivity contribution in [2.45, 2.75) is 33.1 Å². The third-order valence-electron chi connectivity index (χ3n) is 2.49. The predicted molar refractivity (Wildman–Crippen MR) is 73.0 cm³/mol. The van der Waals surface area contributed by atoms with Gasteiger partial charge in [-0.15, -0.1) is 0 Å². The van der Waals surface area contributed by atoms with E-state index in [9.17, 15) is 4.79 Å². The maximum atomic E-state index is 11.6. The van der Waals surface area contributed by atoms with Gasteiger partial charge in [0.15, 0.2) is 0 Å². The van der Waals surface area contributed by atoms with Crippen molar-refractivity contribution in [3.63, 3.8) is 0 Å². The number of halogens is 1. The van der Waals surface area contributed by atoms with E-state index in [-0.39, 0.29) is 11.9 Å². The van der Waals surface area contributed by atoms with Crippen molar-refractivity contribution in [2.75, 3.05) is 6.61 Å². The summed E-state index contributed by atoms with van der Waals surface area (Å²) in [6.07, 6.45) is 0.439. The Kier molecular flexibility index (Phi) is 5.69. The van der Waals surface area contributed by atoms with Gasteiger partial charge in [-0.3, -0.25) is 4.79 Å². The molecule has 0 amide bonds. The van der Waals surface area contributed by atoms with E-state index in [1.807, 2.05) is 45.0 Å². The van der Waals surface area contributed by atoms with Crippen LogP contribution in [0.5, 0.6) is 0 Å². The average Bonchev–Trinajstić information content (AvgIpc) is 2.27. The molecule has 1 unspecified atom stereocenters. The highest BCUT2D eigenvalue weighted by Crippen LogP contribution is 2.21. The Morgan fingerprint density at radius 2 is 1.82 bits per heavy atom. The third-order valence-corrected chi connectivity index (χ3v) is 3.02. The molecule has 1 aromatic carbocycles. The largest absolute Gasteiger partial charge is 0.465 e. The highest BCUT2D eigenvalue weighted by Gasteiger charge is 2.12. The van der Waals surface area contributed by atoms with Gasteiger partial charge in [-0.25, -0.2) is 0 Å². The molecule has 0 aliphatic carbocycles. The van der Waals surface area contributed by atoms with Crippen LogP contribution in [-0.4, -0.2) is 12.6 Å². The first-order chi connectivity index (χ1) is 7.99. The standard InChI is InChI=1S/C14H19BrO2/c1-10(2)9-17-14(16)8-11(3)12-4-6-13(15)7-5-12/h4-7,10-11H,8-9H2,1-3H3. The number of benzene rings is 1. The number of rotatable bonds is 5. The summed E-state index contributed by atoms with van der Waals surface area (Å²) in [5, 5.41) is 0. The molecular weight excluding hydrogens is 280 g/mol. The molecule has 0 radical (unpaired) electrons. The molecule has 0 heterocycles. The van der Waals surface area contributed by atoms with Gasteiger partial charge in [0.1, 0.15) is 0 Å². The van der Waals surface area contributed by atoms with Crippen LogP contribution >= 0.6 is 15.9 Å². The summed E-state index contributed by atoms with van der Waals surface area (Å²) in [6.45, 7) is 6.61. The Bertz CT molecular complexity index is 357. The summed E-state index contributed by atoms with van der Waals surface area (Å²) < 4.78 is 6.22. The SMILES string of the molecule is CC(C)COC(=O)CC(C)c1ccc(Br)cc1.